The number of aliphatic carboxylic acids is 1. The second-order valence-corrected chi connectivity index (χ2v) is 8.19. The Morgan fingerprint density at radius 1 is 1.03 bits per heavy atom. The van der Waals surface area contributed by atoms with Gasteiger partial charge >= 0.3 is 5.97 Å². The monoisotopic (exact) mass is 444 g/mol. The minimum Gasteiger partial charge on any atom is -0.480 e. The number of rotatable bonds is 8. The van der Waals surface area contributed by atoms with Crippen molar-refractivity contribution in [3.05, 3.63) is 77.9 Å². The third-order valence-electron chi connectivity index (χ3n) is 5.19. The molecule has 3 rings (SSSR count). The summed E-state index contributed by atoms with van der Waals surface area (Å²) in [5.74, 6) is 5.15. The van der Waals surface area contributed by atoms with Crippen molar-refractivity contribution in [1.82, 2.24) is 10.6 Å². The molecule has 1 unspecified atom stereocenters. The van der Waals surface area contributed by atoms with Crippen LogP contribution in [-0.4, -0.2) is 35.7 Å². The molecule has 0 saturated carbocycles. The van der Waals surface area contributed by atoms with E-state index in [-0.39, 0.29) is 6.04 Å². The Kier molecular flexibility index (Phi) is 7.70. The Morgan fingerprint density at radius 3 is 2.45 bits per heavy atom. The smallest absolute Gasteiger partial charge is 0.322 e. The molecule has 6 heteroatoms. The number of carboxylic acid groups (broad SMARTS) is 1. The Morgan fingerprint density at radius 2 is 1.73 bits per heavy atom. The molecular formula is C27H28N2O4. The topological polar surface area (TPSA) is 87.7 Å². The first-order valence-corrected chi connectivity index (χ1v) is 10.8. The Balaban J connectivity index is 1.55. The molecule has 1 amide bonds. The quantitative estimate of drug-likeness (QED) is 0.459. The van der Waals surface area contributed by atoms with Crippen LogP contribution in [0.3, 0.4) is 0 Å². The van der Waals surface area contributed by atoms with Gasteiger partial charge in [-0.1, -0.05) is 54.3 Å². The van der Waals surface area contributed by atoms with Gasteiger partial charge < -0.3 is 15.2 Å². The lowest BCUT2D eigenvalue weighted by Gasteiger charge is -2.25. The molecule has 170 valence electrons. The van der Waals surface area contributed by atoms with Gasteiger partial charge in [-0.25, -0.2) is 0 Å². The fourth-order valence-corrected chi connectivity index (χ4v) is 3.40. The molecule has 6 nitrogen and oxygen atoms in total. The summed E-state index contributed by atoms with van der Waals surface area (Å²) < 4.78 is 5.73. The fourth-order valence-electron chi connectivity index (χ4n) is 3.40. The zero-order valence-corrected chi connectivity index (χ0v) is 19.0. The molecule has 1 atom stereocenters. The van der Waals surface area contributed by atoms with Crippen molar-refractivity contribution in [2.75, 3.05) is 13.1 Å². The molecule has 0 aliphatic heterocycles. The van der Waals surface area contributed by atoms with Crippen LogP contribution in [0, 0.1) is 11.8 Å². The number of carbonyl (C=O) groups is 2. The molecule has 0 heterocycles. The van der Waals surface area contributed by atoms with Gasteiger partial charge in [-0.15, -0.1) is 0 Å². The first kappa shape index (κ1) is 23.8. The average molecular weight is 445 g/mol. The molecule has 0 spiro atoms. The van der Waals surface area contributed by atoms with E-state index in [9.17, 15) is 9.59 Å². The summed E-state index contributed by atoms with van der Waals surface area (Å²) >= 11 is 0. The zero-order valence-electron chi connectivity index (χ0n) is 19.0. The van der Waals surface area contributed by atoms with Crippen LogP contribution in [0.4, 0.5) is 0 Å². The van der Waals surface area contributed by atoms with Gasteiger partial charge in [0.2, 0.25) is 0 Å². The van der Waals surface area contributed by atoms with E-state index < -0.39 is 24.0 Å². The van der Waals surface area contributed by atoms with Crippen LogP contribution in [0.15, 0.2) is 66.7 Å². The first-order chi connectivity index (χ1) is 15.8. The van der Waals surface area contributed by atoms with Crippen molar-refractivity contribution in [2.24, 2.45) is 0 Å². The predicted molar refractivity (Wildman–Crippen MR) is 129 cm³/mol. The number of carbonyl (C=O) groups excluding carboxylic acids is 1. The maximum Gasteiger partial charge on any atom is 0.322 e. The summed E-state index contributed by atoms with van der Waals surface area (Å²) in [5.41, 5.74) is 0.867. The van der Waals surface area contributed by atoms with Gasteiger partial charge in [0.15, 0.2) is 5.60 Å². The van der Waals surface area contributed by atoms with Crippen LogP contribution < -0.4 is 15.4 Å². The van der Waals surface area contributed by atoms with Crippen LogP contribution in [-0.2, 0) is 9.59 Å². The van der Waals surface area contributed by atoms with E-state index in [4.69, 9.17) is 9.84 Å². The van der Waals surface area contributed by atoms with Crippen LogP contribution in [0.2, 0.25) is 0 Å². The van der Waals surface area contributed by atoms with E-state index >= 15 is 0 Å². The SMILES string of the molecule is CC(NCC#Cc1ccc(OC(C)(C)C(=O)NCC(=O)O)cc1)c1cccc2ccccc12. The van der Waals surface area contributed by atoms with Crippen molar-refractivity contribution in [2.45, 2.75) is 32.4 Å². The molecule has 3 aromatic carbocycles. The highest BCUT2D eigenvalue weighted by Crippen LogP contribution is 2.24. The van der Waals surface area contributed by atoms with E-state index in [1.54, 1.807) is 26.0 Å². The predicted octanol–water partition coefficient (Wildman–Crippen LogP) is 3.90. The van der Waals surface area contributed by atoms with E-state index in [0.29, 0.717) is 12.3 Å². The van der Waals surface area contributed by atoms with Crippen molar-refractivity contribution < 1.29 is 19.4 Å². The first-order valence-electron chi connectivity index (χ1n) is 10.8. The number of benzene rings is 3. The van der Waals surface area contributed by atoms with Gasteiger partial charge in [-0.2, -0.15) is 0 Å². The maximum absolute atomic E-state index is 12.1. The molecule has 3 N–H and O–H groups in total. The fraction of sp³-hybridized carbons (Fsp3) is 0.259. The van der Waals surface area contributed by atoms with Crippen LogP contribution >= 0.6 is 0 Å². The van der Waals surface area contributed by atoms with Crippen molar-refractivity contribution in [3.63, 3.8) is 0 Å². The molecule has 0 saturated heterocycles. The van der Waals surface area contributed by atoms with Gasteiger partial charge in [0.05, 0.1) is 6.54 Å². The summed E-state index contributed by atoms with van der Waals surface area (Å²) in [6, 6.07) is 21.9. The van der Waals surface area contributed by atoms with Gasteiger partial charge in [-0.3, -0.25) is 14.9 Å². The number of hydrogen-bond donors (Lipinski definition) is 3. The summed E-state index contributed by atoms with van der Waals surface area (Å²) in [6.07, 6.45) is 0. The van der Waals surface area contributed by atoms with Crippen molar-refractivity contribution in [1.29, 1.82) is 0 Å². The summed E-state index contributed by atoms with van der Waals surface area (Å²) in [6.45, 7) is 5.39. The van der Waals surface area contributed by atoms with Gasteiger partial charge in [-0.05, 0) is 61.4 Å². The Bertz CT molecular complexity index is 1180. The number of fused-ring (bicyclic) bond motifs is 1. The van der Waals surface area contributed by atoms with Crippen molar-refractivity contribution in [3.8, 4) is 17.6 Å². The standard InChI is InChI=1S/C27H28N2O4/c1-19(23-12-6-10-21-9-4-5-11-24(21)23)28-17-7-8-20-13-15-22(16-14-20)33-27(2,3)26(32)29-18-25(30)31/h4-6,9-16,19,28H,17-18H2,1-3H3,(H,29,32)(H,30,31). The molecule has 0 fully saturated rings. The lowest BCUT2D eigenvalue weighted by Crippen LogP contribution is -2.47. The molecule has 0 aromatic heterocycles. The van der Waals surface area contributed by atoms with Gasteiger partial charge in [0.25, 0.3) is 5.91 Å². The number of ether oxygens (including phenoxy) is 1. The minimum absolute atomic E-state index is 0.163. The molecule has 0 bridgehead atoms. The van der Waals surface area contributed by atoms with Crippen LogP contribution in [0.5, 0.6) is 5.75 Å². The summed E-state index contributed by atoms with van der Waals surface area (Å²) in [7, 11) is 0. The Hall–Kier alpha value is -3.82. The highest BCUT2D eigenvalue weighted by atomic mass is 16.5. The number of nitrogens with one attached hydrogen (secondary N) is 2. The lowest BCUT2D eigenvalue weighted by molar-refractivity contribution is -0.141. The van der Waals surface area contributed by atoms with E-state index in [1.165, 1.54) is 16.3 Å². The molecular weight excluding hydrogens is 416 g/mol. The maximum atomic E-state index is 12.1. The minimum atomic E-state index is -1.20. The number of hydrogen-bond acceptors (Lipinski definition) is 4. The average Bonchev–Trinajstić information content (AvgIpc) is 2.80. The van der Waals surface area contributed by atoms with Gasteiger partial charge in [0.1, 0.15) is 12.3 Å². The highest BCUT2D eigenvalue weighted by Gasteiger charge is 2.30. The third-order valence-corrected chi connectivity index (χ3v) is 5.19. The normalized spacial score (nSPS) is 11.8. The molecule has 33 heavy (non-hydrogen) atoms. The Labute approximate surface area is 194 Å². The number of amides is 1. The molecule has 3 aromatic rings. The lowest BCUT2D eigenvalue weighted by atomic mass is 10.00. The third kappa shape index (κ3) is 6.58. The number of carboxylic acids is 1. The van der Waals surface area contributed by atoms with E-state index in [0.717, 1.165) is 5.56 Å². The van der Waals surface area contributed by atoms with Crippen LogP contribution in [0.1, 0.15) is 37.9 Å². The zero-order chi connectivity index (χ0) is 23.8. The summed E-state index contributed by atoms with van der Waals surface area (Å²) in [5, 5.41) is 16.9. The second-order valence-electron chi connectivity index (χ2n) is 8.19. The van der Waals surface area contributed by atoms with Crippen LogP contribution in [0.25, 0.3) is 10.8 Å². The van der Waals surface area contributed by atoms with Gasteiger partial charge in [0, 0.05) is 11.6 Å². The second kappa shape index (κ2) is 10.7. The highest BCUT2D eigenvalue weighted by molar-refractivity contribution is 5.87. The van der Waals surface area contributed by atoms with E-state index in [1.807, 2.05) is 18.2 Å². The van der Waals surface area contributed by atoms with Crippen molar-refractivity contribution >= 4 is 22.6 Å². The summed E-state index contributed by atoms with van der Waals surface area (Å²) in [4.78, 5) is 22.7. The molecule has 0 aliphatic rings. The van der Waals surface area contributed by atoms with E-state index in [2.05, 4.69) is 65.8 Å². The largest absolute Gasteiger partial charge is 0.480 e. The molecule has 0 radical (unpaired) electrons. The molecule has 0 aliphatic carbocycles.